The molecule has 0 atom stereocenters. The molecule has 2 aliphatic heterocycles. The van der Waals surface area contributed by atoms with Crippen molar-refractivity contribution in [1.29, 1.82) is 0 Å². The van der Waals surface area contributed by atoms with Crippen molar-refractivity contribution in [2.45, 2.75) is 25.9 Å². The van der Waals surface area contributed by atoms with E-state index in [1.165, 1.54) is 0 Å². The Bertz CT molecular complexity index is 1050. The van der Waals surface area contributed by atoms with Gasteiger partial charge >= 0.3 is 0 Å². The third-order valence-corrected chi connectivity index (χ3v) is 6.09. The molecule has 5 rings (SSSR count). The maximum Gasteiger partial charge on any atom is 0.228 e. The Balaban J connectivity index is 1.40. The van der Waals surface area contributed by atoms with Gasteiger partial charge in [0.25, 0.3) is 0 Å². The second-order valence-electron chi connectivity index (χ2n) is 8.09. The molecule has 1 aromatic carbocycles. The Morgan fingerprint density at radius 1 is 1.10 bits per heavy atom. The first-order valence-corrected chi connectivity index (χ1v) is 10.3. The lowest BCUT2D eigenvalue weighted by Crippen LogP contribution is -2.36. The number of rotatable bonds is 3. The standard InChI is InChI=1S/C22H26N6O/c1-27-7-4-15(5-8-27)22(29)26-20-11-18-10-16(2-3-17(18)12-24-20)19-13-25-21-14-23-6-9-28(19)21/h2-3,10-13,15,23H,4-9,14H2,1H3,(H,24,26,29). The average Bonchev–Trinajstić information content (AvgIpc) is 3.18. The van der Waals surface area contributed by atoms with Gasteiger partial charge in [-0.05, 0) is 50.5 Å². The fraction of sp³-hybridized carbons (Fsp3) is 0.409. The predicted octanol–water partition coefficient (Wildman–Crippen LogP) is 2.48. The van der Waals surface area contributed by atoms with Gasteiger partial charge in [0.15, 0.2) is 0 Å². The number of benzene rings is 1. The second-order valence-corrected chi connectivity index (χ2v) is 8.09. The molecule has 7 heteroatoms. The quantitative estimate of drug-likeness (QED) is 0.719. The van der Waals surface area contributed by atoms with Gasteiger partial charge in [0, 0.05) is 36.2 Å². The van der Waals surface area contributed by atoms with E-state index >= 15 is 0 Å². The summed E-state index contributed by atoms with van der Waals surface area (Å²) in [6, 6.07) is 8.34. The van der Waals surface area contributed by atoms with Gasteiger partial charge in [0.1, 0.15) is 11.6 Å². The number of pyridine rings is 1. The minimum atomic E-state index is 0.0713. The molecule has 1 amide bonds. The van der Waals surface area contributed by atoms with Crippen molar-refractivity contribution < 1.29 is 4.79 Å². The Morgan fingerprint density at radius 2 is 1.97 bits per heavy atom. The highest BCUT2D eigenvalue weighted by Crippen LogP contribution is 2.27. The number of amides is 1. The monoisotopic (exact) mass is 390 g/mol. The van der Waals surface area contributed by atoms with E-state index in [2.05, 4.69) is 55.3 Å². The molecule has 1 fully saturated rings. The van der Waals surface area contributed by atoms with Crippen LogP contribution in [0.4, 0.5) is 5.82 Å². The highest BCUT2D eigenvalue weighted by molar-refractivity contribution is 5.95. The van der Waals surface area contributed by atoms with Gasteiger partial charge in [0.05, 0.1) is 18.4 Å². The average molecular weight is 390 g/mol. The highest BCUT2D eigenvalue weighted by Gasteiger charge is 2.23. The summed E-state index contributed by atoms with van der Waals surface area (Å²) in [5, 5.41) is 8.52. The predicted molar refractivity (Wildman–Crippen MR) is 114 cm³/mol. The number of hydrogen-bond acceptors (Lipinski definition) is 5. The van der Waals surface area contributed by atoms with Crippen molar-refractivity contribution >= 4 is 22.5 Å². The lowest BCUT2D eigenvalue weighted by Gasteiger charge is -2.27. The molecule has 0 radical (unpaired) electrons. The van der Waals surface area contributed by atoms with Crippen LogP contribution in [0.1, 0.15) is 18.7 Å². The number of nitrogens with one attached hydrogen (secondary N) is 2. The van der Waals surface area contributed by atoms with Crippen molar-refractivity contribution in [1.82, 2.24) is 24.8 Å². The minimum absolute atomic E-state index is 0.0713. The summed E-state index contributed by atoms with van der Waals surface area (Å²) in [5.41, 5.74) is 2.27. The van der Waals surface area contributed by atoms with Crippen molar-refractivity contribution in [3.8, 4) is 11.3 Å². The maximum atomic E-state index is 12.6. The van der Waals surface area contributed by atoms with Gasteiger partial charge in [-0.3, -0.25) is 4.79 Å². The first kappa shape index (κ1) is 18.3. The third-order valence-electron chi connectivity index (χ3n) is 6.09. The fourth-order valence-corrected chi connectivity index (χ4v) is 4.29. The number of anilines is 1. The van der Waals surface area contributed by atoms with Gasteiger partial charge in [-0.1, -0.05) is 12.1 Å². The third kappa shape index (κ3) is 3.63. The van der Waals surface area contributed by atoms with Gasteiger partial charge in [-0.15, -0.1) is 0 Å². The van der Waals surface area contributed by atoms with E-state index in [0.29, 0.717) is 5.82 Å². The zero-order valence-electron chi connectivity index (χ0n) is 16.7. The highest BCUT2D eigenvalue weighted by atomic mass is 16.1. The Labute approximate surface area is 170 Å². The van der Waals surface area contributed by atoms with Crippen molar-refractivity contribution in [3.05, 3.63) is 42.5 Å². The molecular weight excluding hydrogens is 364 g/mol. The van der Waals surface area contributed by atoms with Crippen LogP contribution in [-0.2, 0) is 17.9 Å². The van der Waals surface area contributed by atoms with Crippen molar-refractivity contribution in [2.75, 3.05) is 32.0 Å². The van der Waals surface area contributed by atoms with Crippen LogP contribution < -0.4 is 10.6 Å². The molecule has 0 bridgehead atoms. The SMILES string of the molecule is CN1CCC(C(=O)Nc2cc3cc(-c4cnc5n4CCNC5)ccc3cn2)CC1. The van der Waals surface area contributed by atoms with E-state index < -0.39 is 0 Å². The number of hydrogen-bond donors (Lipinski definition) is 2. The van der Waals surface area contributed by atoms with Crippen LogP contribution in [0.3, 0.4) is 0 Å². The van der Waals surface area contributed by atoms with Gasteiger partial charge in [-0.2, -0.15) is 0 Å². The summed E-state index contributed by atoms with van der Waals surface area (Å²) < 4.78 is 2.28. The smallest absolute Gasteiger partial charge is 0.228 e. The van der Waals surface area contributed by atoms with Gasteiger partial charge < -0.3 is 20.1 Å². The van der Waals surface area contributed by atoms with Gasteiger partial charge in [0.2, 0.25) is 5.91 Å². The molecule has 1 saturated heterocycles. The van der Waals surface area contributed by atoms with Crippen LogP contribution in [0.15, 0.2) is 36.7 Å². The summed E-state index contributed by atoms with van der Waals surface area (Å²) in [7, 11) is 2.10. The van der Waals surface area contributed by atoms with E-state index in [-0.39, 0.29) is 11.8 Å². The normalized spacial score (nSPS) is 18.0. The number of carbonyl (C=O) groups excluding carboxylic acids is 1. The molecule has 0 unspecified atom stereocenters. The topological polar surface area (TPSA) is 75.1 Å². The lowest BCUT2D eigenvalue weighted by molar-refractivity contribution is -0.121. The molecule has 150 valence electrons. The minimum Gasteiger partial charge on any atom is -0.326 e. The summed E-state index contributed by atoms with van der Waals surface area (Å²) in [6.07, 6.45) is 5.59. The fourth-order valence-electron chi connectivity index (χ4n) is 4.29. The number of nitrogens with zero attached hydrogens (tertiary/aromatic N) is 4. The summed E-state index contributed by atoms with van der Waals surface area (Å²) in [6.45, 7) is 4.64. The number of fused-ring (bicyclic) bond motifs is 2. The van der Waals surface area contributed by atoms with Crippen LogP contribution in [0, 0.1) is 5.92 Å². The zero-order chi connectivity index (χ0) is 19.8. The van der Waals surface area contributed by atoms with E-state index in [1.54, 1.807) is 0 Å². The number of imidazole rings is 1. The molecule has 29 heavy (non-hydrogen) atoms. The molecule has 2 N–H and O–H groups in total. The largest absolute Gasteiger partial charge is 0.326 e. The number of likely N-dealkylation sites (tertiary alicyclic amines) is 1. The molecule has 7 nitrogen and oxygen atoms in total. The molecule has 0 aliphatic carbocycles. The Hall–Kier alpha value is -2.77. The van der Waals surface area contributed by atoms with Crippen LogP contribution in [0.25, 0.3) is 22.0 Å². The van der Waals surface area contributed by atoms with Gasteiger partial charge in [-0.25, -0.2) is 9.97 Å². The van der Waals surface area contributed by atoms with E-state index in [0.717, 1.165) is 73.4 Å². The second kappa shape index (κ2) is 7.57. The summed E-state index contributed by atoms with van der Waals surface area (Å²) in [5.74, 6) is 1.85. The zero-order valence-corrected chi connectivity index (χ0v) is 16.7. The molecular formula is C22H26N6O. The maximum absolute atomic E-state index is 12.6. The molecule has 4 heterocycles. The first-order valence-electron chi connectivity index (χ1n) is 10.3. The van der Waals surface area contributed by atoms with Crippen molar-refractivity contribution in [3.63, 3.8) is 0 Å². The first-order chi connectivity index (χ1) is 14.2. The van der Waals surface area contributed by atoms with Crippen molar-refractivity contribution in [2.24, 2.45) is 5.92 Å². The van der Waals surface area contributed by atoms with E-state index in [1.807, 2.05) is 18.5 Å². The Morgan fingerprint density at radius 3 is 2.83 bits per heavy atom. The van der Waals surface area contributed by atoms with Crippen LogP contribution in [-0.4, -0.2) is 52.0 Å². The summed E-state index contributed by atoms with van der Waals surface area (Å²) >= 11 is 0. The number of piperidine rings is 1. The Kier molecular flexibility index (Phi) is 4.77. The number of carbonyl (C=O) groups is 1. The van der Waals surface area contributed by atoms with E-state index in [9.17, 15) is 4.79 Å². The summed E-state index contributed by atoms with van der Waals surface area (Å²) in [4.78, 5) is 23.9. The number of aromatic nitrogens is 3. The molecule has 3 aromatic rings. The van der Waals surface area contributed by atoms with Crippen LogP contribution >= 0.6 is 0 Å². The van der Waals surface area contributed by atoms with Crippen LogP contribution in [0.2, 0.25) is 0 Å². The molecule has 2 aromatic heterocycles. The lowest BCUT2D eigenvalue weighted by atomic mass is 9.96. The molecule has 0 saturated carbocycles. The van der Waals surface area contributed by atoms with E-state index in [4.69, 9.17) is 0 Å². The molecule has 2 aliphatic rings. The van der Waals surface area contributed by atoms with Crippen LogP contribution in [0.5, 0.6) is 0 Å². The molecule has 0 spiro atoms.